The van der Waals surface area contributed by atoms with Crippen LogP contribution in [-0.4, -0.2) is 60.9 Å². The second-order valence-corrected chi connectivity index (χ2v) is 4.66. The molecular weight excluding hydrogens is 250 g/mol. The minimum atomic E-state index is -0.412. The summed E-state index contributed by atoms with van der Waals surface area (Å²) in [5.74, 6) is -0.412. The average molecular weight is 269 g/mol. The number of ether oxygens (including phenoxy) is 1. The number of carbonyl (C=O) groups is 2. The van der Waals surface area contributed by atoms with E-state index >= 15 is 0 Å². The highest BCUT2D eigenvalue weighted by Crippen LogP contribution is 2.14. The van der Waals surface area contributed by atoms with Crippen LogP contribution in [0.5, 0.6) is 0 Å². The van der Waals surface area contributed by atoms with Gasteiger partial charge in [-0.3, -0.25) is 4.90 Å². The van der Waals surface area contributed by atoms with Crippen LogP contribution in [0.3, 0.4) is 0 Å². The third kappa shape index (κ3) is 3.45. The van der Waals surface area contributed by atoms with Crippen molar-refractivity contribution in [1.82, 2.24) is 15.5 Å². The van der Waals surface area contributed by atoms with E-state index in [2.05, 4.69) is 10.6 Å². The molecule has 0 aromatic rings. The number of likely N-dealkylation sites (tertiary alicyclic amines) is 1. The number of amides is 2. The largest absolute Gasteiger partial charge is 0.463 e. The normalized spacial score (nSPS) is 24.1. The van der Waals surface area contributed by atoms with Gasteiger partial charge in [0.05, 0.1) is 24.8 Å². The van der Waals surface area contributed by atoms with E-state index in [1.54, 1.807) is 6.92 Å². The molecule has 0 radical (unpaired) electrons. The minimum absolute atomic E-state index is 0.177. The van der Waals surface area contributed by atoms with Crippen molar-refractivity contribution in [3.63, 3.8) is 0 Å². The molecule has 7 nitrogen and oxygen atoms in total. The summed E-state index contributed by atoms with van der Waals surface area (Å²) in [4.78, 5) is 25.2. The molecule has 0 aliphatic carbocycles. The highest BCUT2D eigenvalue weighted by atomic mass is 16.5. The molecule has 7 heteroatoms. The van der Waals surface area contributed by atoms with Crippen molar-refractivity contribution >= 4 is 12.0 Å². The number of hydrogen-bond donors (Lipinski definition) is 3. The first-order valence-electron chi connectivity index (χ1n) is 6.44. The molecule has 106 valence electrons. The van der Waals surface area contributed by atoms with Crippen LogP contribution in [0.25, 0.3) is 0 Å². The van der Waals surface area contributed by atoms with Gasteiger partial charge in [0.15, 0.2) is 0 Å². The molecule has 3 N–H and O–H groups in total. The molecule has 0 saturated carbocycles. The molecule has 0 unspecified atom stereocenters. The van der Waals surface area contributed by atoms with Gasteiger partial charge in [-0.2, -0.15) is 0 Å². The zero-order chi connectivity index (χ0) is 13.8. The monoisotopic (exact) mass is 269 g/mol. The molecule has 2 amide bonds. The summed E-state index contributed by atoms with van der Waals surface area (Å²) in [5.41, 5.74) is 1.01. The lowest BCUT2D eigenvalue weighted by Gasteiger charge is -2.24. The number of esters is 1. The van der Waals surface area contributed by atoms with Crippen molar-refractivity contribution in [2.45, 2.75) is 19.4 Å². The predicted molar refractivity (Wildman–Crippen MR) is 67.3 cm³/mol. The van der Waals surface area contributed by atoms with Gasteiger partial charge in [0.1, 0.15) is 0 Å². The summed E-state index contributed by atoms with van der Waals surface area (Å²) in [5, 5.41) is 14.7. The van der Waals surface area contributed by atoms with Crippen molar-refractivity contribution in [2.24, 2.45) is 0 Å². The van der Waals surface area contributed by atoms with Crippen LogP contribution >= 0.6 is 0 Å². The zero-order valence-corrected chi connectivity index (χ0v) is 10.9. The van der Waals surface area contributed by atoms with Crippen LogP contribution in [0.2, 0.25) is 0 Å². The van der Waals surface area contributed by atoms with Crippen LogP contribution in [0.1, 0.15) is 13.3 Å². The Kier molecular flexibility index (Phi) is 4.39. The quantitative estimate of drug-likeness (QED) is 0.580. The zero-order valence-electron chi connectivity index (χ0n) is 10.9. The number of aliphatic hydroxyl groups is 1. The second-order valence-electron chi connectivity index (χ2n) is 4.66. The van der Waals surface area contributed by atoms with E-state index in [0.717, 1.165) is 6.54 Å². The number of nitrogens with zero attached hydrogens (tertiary/aromatic N) is 1. The lowest BCUT2D eigenvalue weighted by atomic mass is 10.1. The summed E-state index contributed by atoms with van der Waals surface area (Å²) in [7, 11) is 0. The number of hydrogen-bond acceptors (Lipinski definition) is 5. The maximum absolute atomic E-state index is 11.8. The Morgan fingerprint density at radius 3 is 3.00 bits per heavy atom. The first kappa shape index (κ1) is 13.8. The number of nitrogens with one attached hydrogen (secondary N) is 2. The van der Waals surface area contributed by atoms with Gasteiger partial charge in [-0.15, -0.1) is 0 Å². The Morgan fingerprint density at radius 2 is 2.37 bits per heavy atom. The van der Waals surface area contributed by atoms with E-state index < -0.39 is 5.97 Å². The number of urea groups is 1. The van der Waals surface area contributed by atoms with Gasteiger partial charge < -0.3 is 20.5 Å². The van der Waals surface area contributed by atoms with E-state index in [4.69, 9.17) is 4.74 Å². The standard InChI is InChI=1S/C12H19N3O4/c1-2-19-11(17)9-5-13-12(18)14-10(9)7-15-4-3-8(16)6-15/h8,16H,2-7H2,1H3,(H2,13,14,18)/t8-/m1/s1. The number of carbonyl (C=O) groups excluding carboxylic acids is 2. The summed E-state index contributed by atoms with van der Waals surface area (Å²) in [6, 6.07) is -0.317. The first-order chi connectivity index (χ1) is 9.10. The van der Waals surface area contributed by atoms with E-state index in [1.807, 2.05) is 4.90 Å². The number of rotatable bonds is 4. The topological polar surface area (TPSA) is 90.9 Å². The van der Waals surface area contributed by atoms with Crippen molar-refractivity contribution in [1.29, 1.82) is 0 Å². The number of β-amino-alcohol motifs (C(OH)–C–C–N with tert-alkyl or cyclic N) is 1. The Hall–Kier alpha value is -1.60. The molecule has 0 aromatic carbocycles. The van der Waals surface area contributed by atoms with E-state index in [-0.39, 0.29) is 18.7 Å². The first-order valence-corrected chi connectivity index (χ1v) is 6.44. The Labute approximate surface area is 111 Å². The van der Waals surface area contributed by atoms with Crippen molar-refractivity contribution < 1.29 is 19.4 Å². The van der Waals surface area contributed by atoms with Crippen LogP contribution in [0, 0.1) is 0 Å². The fraction of sp³-hybridized carbons (Fsp3) is 0.667. The summed E-state index contributed by atoms with van der Waals surface area (Å²) < 4.78 is 4.98. The predicted octanol–water partition coefficient (Wildman–Crippen LogP) is -0.817. The SMILES string of the molecule is CCOC(=O)C1=C(CN2CC[C@@H](O)C2)NC(=O)NC1. The Bertz CT molecular complexity index is 408. The molecule has 0 spiro atoms. The molecule has 1 fully saturated rings. The second kappa shape index (κ2) is 6.03. The molecule has 0 aromatic heterocycles. The molecule has 1 atom stereocenters. The third-order valence-corrected chi connectivity index (χ3v) is 3.21. The fourth-order valence-electron chi connectivity index (χ4n) is 2.26. The van der Waals surface area contributed by atoms with Gasteiger partial charge in [0.2, 0.25) is 0 Å². The summed E-state index contributed by atoms with van der Waals surface area (Å²) >= 11 is 0. The Balaban J connectivity index is 2.09. The molecule has 0 bridgehead atoms. The van der Waals surface area contributed by atoms with Gasteiger partial charge in [-0.05, 0) is 13.3 Å². The highest BCUT2D eigenvalue weighted by molar-refractivity contribution is 5.93. The molecule has 2 rings (SSSR count). The van der Waals surface area contributed by atoms with E-state index in [9.17, 15) is 14.7 Å². The van der Waals surface area contributed by atoms with Gasteiger partial charge in [0, 0.05) is 25.3 Å². The minimum Gasteiger partial charge on any atom is -0.463 e. The fourth-order valence-corrected chi connectivity index (χ4v) is 2.26. The molecular formula is C12H19N3O4. The third-order valence-electron chi connectivity index (χ3n) is 3.21. The molecule has 19 heavy (non-hydrogen) atoms. The van der Waals surface area contributed by atoms with Crippen molar-refractivity contribution in [3.05, 3.63) is 11.3 Å². The average Bonchev–Trinajstić information content (AvgIpc) is 2.75. The maximum atomic E-state index is 11.8. The summed E-state index contributed by atoms with van der Waals surface area (Å²) in [6.45, 7) is 3.97. The molecule has 2 heterocycles. The number of aliphatic hydroxyl groups excluding tert-OH is 1. The van der Waals surface area contributed by atoms with Gasteiger partial charge in [0.25, 0.3) is 0 Å². The van der Waals surface area contributed by atoms with Crippen molar-refractivity contribution in [2.75, 3.05) is 32.8 Å². The lowest BCUT2D eigenvalue weighted by molar-refractivity contribution is -0.138. The van der Waals surface area contributed by atoms with Gasteiger partial charge in [-0.1, -0.05) is 0 Å². The summed E-state index contributed by atoms with van der Waals surface area (Å²) in [6.07, 6.45) is 0.387. The van der Waals surface area contributed by atoms with E-state index in [0.29, 0.717) is 37.4 Å². The van der Waals surface area contributed by atoms with Gasteiger partial charge >= 0.3 is 12.0 Å². The maximum Gasteiger partial charge on any atom is 0.337 e. The van der Waals surface area contributed by atoms with Crippen LogP contribution in [0.4, 0.5) is 4.79 Å². The van der Waals surface area contributed by atoms with Crippen LogP contribution in [0.15, 0.2) is 11.3 Å². The molecule has 2 aliphatic heterocycles. The molecule has 2 aliphatic rings. The lowest BCUT2D eigenvalue weighted by Crippen LogP contribution is -2.46. The van der Waals surface area contributed by atoms with Crippen molar-refractivity contribution in [3.8, 4) is 0 Å². The van der Waals surface area contributed by atoms with Crippen LogP contribution in [-0.2, 0) is 9.53 Å². The van der Waals surface area contributed by atoms with E-state index in [1.165, 1.54) is 0 Å². The smallest absolute Gasteiger partial charge is 0.337 e. The highest BCUT2D eigenvalue weighted by Gasteiger charge is 2.27. The Morgan fingerprint density at radius 1 is 1.58 bits per heavy atom. The van der Waals surface area contributed by atoms with Gasteiger partial charge in [-0.25, -0.2) is 9.59 Å². The van der Waals surface area contributed by atoms with Crippen LogP contribution < -0.4 is 10.6 Å². The molecule has 1 saturated heterocycles.